The van der Waals surface area contributed by atoms with Crippen molar-refractivity contribution in [3.63, 3.8) is 0 Å². The third-order valence-corrected chi connectivity index (χ3v) is 5.72. The van der Waals surface area contributed by atoms with Crippen LogP contribution in [0, 0.1) is 0 Å². The van der Waals surface area contributed by atoms with Gasteiger partial charge in [-0.25, -0.2) is 16.8 Å². The first kappa shape index (κ1) is 22.3. The molecule has 1 amide bonds. The summed E-state index contributed by atoms with van der Waals surface area (Å²) in [5.74, 6) is -0.686. The predicted molar refractivity (Wildman–Crippen MR) is 108 cm³/mol. The van der Waals surface area contributed by atoms with Gasteiger partial charge in [-0.15, -0.1) is 0 Å². The second kappa shape index (κ2) is 8.56. The lowest BCUT2D eigenvalue weighted by Crippen LogP contribution is -2.33. The number of carbonyl (C=O) groups is 1. The van der Waals surface area contributed by atoms with E-state index in [1.807, 2.05) is 0 Å². The molecule has 0 heterocycles. The lowest BCUT2D eigenvalue weighted by Gasteiger charge is -2.15. The molecule has 0 atom stereocenters. The summed E-state index contributed by atoms with van der Waals surface area (Å²) in [5, 5.41) is 3.23. The summed E-state index contributed by atoms with van der Waals surface area (Å²) in [5.41, 5.74) is 0.574. The molecule has 0 spiro atoms. The van der Waals surface area contributed by atoms with Crippen LogP contribution in [0.25, 0.3) is 0 Å². The van der Waals surface area contributed by atoms with Crippen LogP contribution in [0.2, 0.25) is 10.0 Å². The zero-order valence-corrected chi connectivity index (χ0v) is 17.8. The summed E-state index contributed by atoms with van der Waals surface area (Å²) < 4.78 is 52.9. The highest BCUT2D eigenvalue weighted by atomic mass is 35.5. The molecule has 2 rings (SSSR count). The number of hydrogen-bond acceptors (Lipinski definition) is 7. The van der Waals surface area contributed by atoms with Crippen molar-refractivity contribution in [2.75, 3.05) is 24.4 Å². The smallest absolute Gasteiger partial charge is 0.271 e. The average molecular weight is 467 g/mol. The van der Waals surface area contributed by atoms with Crippen LogP contribution in [0.4, 0.5) is 11.4 Å². The van der Waals surface area contributed by atoms with Gasteiger partial charge in [-0.3, -0.25) is 9.52 Å². The molecular weight excluding hydrogens is 451 g/mol. The van der Waals surface area contributed by atoms with E-state index in [1.165, 1.54) is 30.3 Å². The van der Waals surface area contributed by atoms with Crippen molar-refractivity contribution < 1.29 is 26.4 Å². The number of ether oxygens (including phenoxy) is 1. The number of halogens is 2. The van der Waals surface area contributed by atoms with Gasteiger partial charge in [0.1, 0.15) is 5.75 Å². The van der Waals surface area contributed by atoms with E-state index in [9.17, 15) is 21.6 Å². The van der Waals surface area contributed by atoms with Gasteiger partial charge in [0.05, 0.1) is 27.5 Å². The second-order valence-corrected chi connectivity index (χ2v) is 10.3. The quantitative estimate of drug-likeness (QED) is 0.643. The Morgan fingerprint density at radius 3 is 2.32 bits per heavy atom. The van der Waals surface area contributed by atoms with Gasteiger partial charge < -0.3 is 10.1 Å². The number of hydrogen-bond donors (Lipinski definition) is 2. The maximum Gasteiger partial charge on any atom is 0.271 e. The SMILES string of the molecule is CS(=O)(=O)NC(=O)COc1ccc(Cl)cc1Nc1cccc(S(C)(=O)=O)c1Cl. The minimum Gasteiger partial charge on any atom is -0.482 e. The van der Waals surface area contributed by atoms with Gasteiger partial charge in [-0.2, -0.15) is 0 Å². The molecule has 0 aliphatic carbocycles. The Kier molecular flexibility index (Phi) is 6.81. The van der Waals surface area contributed by atoms with E-state index < -0.39 is 32.4 Å². The first-order valence-electron chi connectivity index (χ1n) is 7.55. The van der Waals surface area contributed by atoms with Crippen molar-refractivity contribution in [1.29, 1.82) is 0 Å². The zero-order valence-electron chi connectivity index (χ0n) is 14.7. The molecular formula is C16H16Cl2N2O6S2. The van der Waals surface area contributed by atoms with Crippen molar-refractivity contribution in [3.8, 4) is 5.75 Å². The molecule has 2 aromatic rings. The first-order chi connectivity index (χ1) is 12.9. The Labute approximate surface area is 172 Å². The number of rotatable bonds is 7. The molecule has 152 valence electrons. The van der Waals surface area contributed by atoms with Gasteiger partial charge in [-0.1, -0.05) is 29.3 Å². The topological polar surface area (TPSA) is 119 Å². The van der Waals surface area contributed by atoms with Crippen molar-refractivity contribution >= 4 is 60.3 Å². The summed E-state index contributed by atoms with van der Waals surface area (Å²) >= 11 is 12.2. The predicted octanol–water partition coefficient (Wildman–Crippen LogP) is 2.60. The van der Waals surface area contributed by atoms with E-state index >= 15 is 0 Å². The Morgan fingerprint density at radius 1 is 1.04 bits per heavy atom. The minimum absolute atomic E-state index is 0.0225. The van der Waals surface area contributed by atoms with Crippen LogP contribution >= 0.6 is 23.2 Å². The summed E-state index contributed by atoms with van der Waals surface area (Å²) in [4.78, 5) is 11.6. The molecule has 12 heteroatoms. The Morgan fingerprint density at radius 2 is 1.71 bits per heavy atom. The largest absolute Gasteiger partial charge is 0.482 e. The lowest BCUT2D eigenvalue weighted by atomic mass is 10.2. The molecule has 0 aromatic heterocycles. The molecule has 2 aromatic carbocycles. The fourth-order valence-electron chi connectivity index (χ4n) is 2.14. The third-order valence-electron chi connectivity index (χ3n) is 3.23. The number of sulfonamides is 1. The third kappa shape index (κ3) is 6.26. The maximum atomic E-state index is 11.8. The molecule has 0 bridgehead atoms. The molecule has 28 heavy (non-hydrogen) atoms. The highest BCUT2D eigenvalue weighted by Gasteiger charge is 2.17. The van der Waals surface area contributed by atoms with E-state index in [4.69, 9.17) is 27.9 Å². The summed E-state index contributed by atoms with van der Waals surface area (Å²) in [6.07, 6.45) is 1.88. The summed E-state index contributed by atoms with van der Waals surface area (Å²) in [6, 6.07) is 8.88. The van der Waals surface area contributed by atoms with E-state index in [0.29, 0.717) is 10.7 Å². The van der Waals surface area contributed by atoms with Gasteiger partial charge in [-0.05, 0) is 30.3 Å². The van der Waals surface area contributed by atoms with Gasteiger partial charge in [0, 0.05) is 11.3 Å². The Bertz CT molecular complexity index is 1120. The summed E-state index contributed by atoms with van der Waals surface area (Å²) in [6.45, 7) is -0.569. The number of anilines is 2. The molecule has 0 aliphatic rings. The van der Waals surface area contributed by atoms with E-state index in [2.05, 4.69) is 5.32 Å². The Balaban J connectivity index is 2.30. The number of nitrogens with one attached hydrogen (secondary N) is 2. The molecule has 0 aliphatic heterocycles. The highest BCUT2D eigenvalue weighted by molar-refractivity contribution is 7.90. The standard InChI is InChI=1S/C16H16Cl2N2O6S2/c1-27(22,23)14-5-3-4-11(16(14)18)19-12-8-10(17)6-7-13(12)26-9-15(21)20-28(2,24)25/h3-8,19H,9H2,1-2H3,(H,20,21). The number of carbonyl (C=O) groups excluding carboxylic acids is 1. The fraction of sp³-hybridized carbons (Fsp3) is 0.188. The second-order valence-electron chi connectivity index (χ2n) is 5.74. The number of benzene rings is 2. The van der Waals surface area contributed by atoms with Crippen molar-refractivity contribution in [2.24, 2.45) is 0 Å². The van der Waals surface area contributed by atoms with Crippen LogP contribution in [0.1, 0.15) is 0 Å². The maximum absolute atomic E-state index is 11.8. The van der Waals surface area contributed by atoms with Gasteiger partial charge in [0.15, 0.2) is 16.4 Å². The number of amides is 1. The molecule has 0 unspecified atom stereocenters. The van der Waals surface area contributed by atoms with Crippen LogP contribution in [-0.4, -0.2) is 41.9 Å². The van der Waals surface area contributed by atoms with Crippen LogP contribution < -0.4 is 14.8 Å². The number of sulfone groups is 1. The van der Waals surface area contributed by atoms with Crippen LogP contribution in [0.5, 0.6) is 5.75 Å². The van der Waals surface area contributed by atoms with Crippen molar-refractivity contribution in [3.05, 3.63) is 46.4 Å². The average Bonchev–Trinajstić information content (AvgIpc) is 2.53. The van der Waals surface area contributed by atoms with E-state index in [-0.39, 0.29) is 21.4 Å². The molecule has 0 saturated heterocycles. The zero-order chi connectivity index (χ0) is 21.1. The van der Waals surface area contributed by atoms with E-state index in [0.717, 1.165) is 12.5 Å². The minimum atomic E-state index is -3.71. The fourth-order valence-corrected chi connectivity index (χ4v) is 4.14. The van der Waals surface area contributed by atoms with Crippen LogP contribution in [-0.2, 0) is 24.7 Å². The normalized spacial score (nSPS) is 11.7. The molecule has 0 fully saturated rings. The van der Waals surface area contributed by atoms with E-state index in [1.54, 1.807) is 10.8 Å². The first-order valence-corrected chi connectivity index (χ1v) is 12.1. The highest BCUT2D eigenvalue weighted by Crippen LogP contribution is 2.35. The summed E-state index contributed by atoms with van der Waals surface area (Å²) in [7, 11) is -7.25. The van der Waals surface area contributed by atoms with Gasteiger partial charge >= 0.3 is 0 Å². The van der Waals surface area contributed by atoms with Gasteiger partial charge in [0.25, 0.3) is 5.91 Å². The molecule has 0 radical (unpaired) electrons. The monoisotopic (exact) mass is 466 g/mol. The van der Waals surface area contributed by atoms with Crippen molar-refractivity contribution in [1.82, 2.24) is 4.72 Å². The van der Waals surface area contributed by atoms with Crippen LogP contribution in [0.15, 0.2) is 41.3 Å². The molecule has 2 N–H and O–H groups in total. The van der Waals surface area contributed by atoms with Gasteiger partial charge in [0.2, 0.25) is 10.0 Å². The van der Waals surface area contributed by atoms with Crippen LogP contribution in [0.3, 0.4) is 0 Å². The molecule has 0 saturated carbocycles. The van der Waals surface area contributed by atoms with Crippen molar-refractivity contribution in [2.45, 2.75) is 4.90 Å². The lowest BCUT2D eigenvalue weighted by molar-refractivity contribution is -0.121. The molecule has 8 nitrogen and oxygen atoms in total. The Hall–Kier alpha value is -2.01.